The van der Waals surface area contributed by atoms with E-state index in [1.54, 1.807) is 24.3 Å². The van der Waals surface area contributed by atoms with Crippen LogP contribution in [0.2, 0.25) is 0 Å². The lowest BCUT2D eigenvalue weighted by Gasteiger charge is -2.24. The van der Waals surface area contributed by atoms with Crippen LogP contribution in [0.3, 0.4) is 0 Å². The number of quaternary nitrogens is 1. The molecule has 0 unspecified atom stereocenters. The topological polar surface area (TPSA) is 99.8 Å². The standard InChI is InChI=1S/C26H31N5O5S/c27-35-36-37-24-9-7-21(8-10-24)28-25(32)11-15-33-17-18-34-16-14-31-19-22-5-1-3-12-29(22)26(31)30-13-4-2-6-23(30)20-31/h1-10,12-13,26H,11,14-20,27H2/q+2/p+1. The number of nitrogens with two attached hydrogens (primary N) is 1. The van der Waals surface area contributed by atoms with E-state index in [9.17, 15) is 4.79 Å². The number of anilines is 1. The minimum absolute atomic E-state index is 0.109. The Bertz CT molecular complexity index is 1160. The largest absolute Gasteiger partial charge is 0.484 e. The molecular weight excluding hydrogens is 494 g/mol. The number of carbonyl (C=O) groups is 1. The Morgan fingerprint density at radius 3 is 2.22 bits per heavy atom. The van der Waals surface area contributed by atoms with E-state index in [4.69, 9.17) is 15.4 Å². The summed E-state index contributed by atoms with van der Waals surface area (Å²) in [6.45, 7) is 4.83. The van der Waals surface area contributed by atoms with Crippen molar-refractivity contribution in [1.29, 1.82) is 0 Å². The molecule has 3 aromatic rings. The number of hydrogen-bond acceptors (Lipinski definition) is 7. The molecule has 2 aromatic heterocycles. The molecule has 0 saturated carbocycles. The third-order valence-electron chi connectivity index (χ3n) is 6.73. The van der Waals surface area contributed by atoms with Crippen molar-refractivity contribution in [3.63, 3.8) is 0 Å². The highest BCUT2D eigenvalue weighted by atomic mass is 32.2. The number of rotatable bonds is 13. The third kappa shape index (κ3) is 5.99. The number of hydrogen-bond donors (Lipinski definition) is 2. The fourth-order valence-corrected chi connectivity index (χ4v) is 5.48. The Kier molecular flexibility index (Phi) is 8.41. The number of amides is 1. The molecule has 194 valence electrons. The molecule has 0 saturated heterocycles. The van der Waals surface area contributed by atoms with Crippen molar-refractivity contribution in [3.05, 3.63) is 84.4 Å². The number of nitrogens with one attached hydrogen (secondary N) is 1. The summed E-state index contributed by atoms with van der Waals surface area (Å²) < 4.78 is 21.9. The van der Waals surface area contributed by atoms with Crippen molar-refractivity contribution in [2.24, 2.45) is 5.90 Å². The fourth-order valence-electron chi connectivity index (χ4n) is 5.11. The van der Waals surface area contributed by atoms with Gasteiger partial charge in [0.2, 0.25) is 17.3 Å². The molecule has 1 aromatic carbocycles. The number of nitrogens with zero attached hydrogens (tertiary/aromatic N) is 3. The summed E-state index contributed by atoms with van der Waals surface area (Å²) in [5.74, 6) is 4.71. The summed E-state index contributed by atoms with van der Waals surface area (Å²) in [6, 6.07) is 20.0. The number of benzene rings is 1. The second-order valence-corrected chi connectivity index (χ2v) is 9.87. The molecule has 11 heteroatoms. The van der Waals surface area contributed by atoms with Crippen LogP contribution in [-0.4, -0.2) is 43.4 Å². The van der Waals surface area contributed by atoms with Gasteiger partial charge in [-0.25, -0.2) is 0 Å². The maximum atomic E-state index is 12.1. The molecule has 0 aliphatic carbocycles. The van der Waals surface area contributed by atoms with Crippen LogP contribution in [0.5, 0.6) is 0 Å². The zero-order valence-corrected chi connectivity index (χ0v) is 21.3. The predicted molar refractivity (Wildman–Crippen MR) is 134 cm³/mol. The zero-order valence-electron chi connectivity index (χ0n) is 20.5. The molecule has 0 fully saturated rings. The van der Waals surface area contributed by atoms with E-state index in [1.807, 2.05) is 0 Å². The Hall–Kier alpha value is -2.90. The van der Waals surface area contributed by atoms with Gasteiger partial charge in [-0.05, 0) is 36.4 Å². The Balaban J connectivity index is 1.00. The van der Waals surface area contributed by atoms with Crippen LogP contribution in [0, 0.1) is 0 Å². The molecule has 10 nitrogen and oxygen atoms in total. The van der Waals surface area contributed by atoms with Gasteiger partial charge < -0.3 is 14.8 Å². The van der Waals surface area contributed by atoms with Gasteiger partial charge in [-0.2, -0.15) is 10.4 Å². The van der Waals surface area contributed by atoms with Crippen LogP contribution in [0.1, 0.15) is 24.1 Å². The number of aromatic nitrogens is 2. The highest BCUT2D eigenvalue weighted by Gasteiger charge is 2.64. The van der Waals surface area contributed by atoms with Crippen molar-refractivity contribution in [2.75, 3.05) is 38.3 Å². The van der Waals surface area contributed by atoms with Crippen molar-refractivity contribution in [3.8, 4) is 0 Å². The first-order chi connectivity index (χ1) is 18.2. The van der Waals surface area contributed by atoms with E-state index in [2.05, 4.69) is 72.6 Å². The lowest BCUT2D eigenvalue weighted by atomic mass is 10.3. The van der Waals surface area contributed by atoms with Crippen LogP contribution in [0.15, 0.2) is 78.0 Å². The summed E-state index contributed by atoms with van der Waals surface area (Å²) >= 11 is 0.984. The van der Waals surface area contributed by atoms with Gasteiger partial charge in [0.25, 0.3) is 0 Å². The number of carbonyl (C=O) groups excluding carboxylic acids is 1. The molecule has 3 N–H and O–H groups in total. The van der Waals surface area contributed by atoms with Crippen molar-refractivity contribution >= 4 is 23.6 Å². The van der Waals surface area contributed by atoms with Gasteiger partial charge in [-0.3, -0.25) is 4.79 Å². The van der Waals surface area contributed by atoms with Crippen molar-refractivity contribution in [2.45, 2.75) is 30.7 Å². The first-order valence-electron chi connectivity index (χ1n) is 12.3. The molecule has 37 heavy (non-hydrogen) atoms. The van der Waals surface area contributed by atoms with E-state index < -0.39 is 0 Å². The van der Waals surface area contributed by atoms with Crippen LogP contribution in [0.25, 0.3) is 0 Å². The van der Waals surface area contributed by atoms with Crippen LogP contribution < -0.4 is 20.3 Å². The minimum atomic E-state index is -0.109. The Labute approximate surface area is 220 Å². The zero-order chi connectivity index (χ0) is 25.5. The second-order valence-electron chi connectivity index (χ2n) is 9.10. The Morgan fingerprint density at radius 1 is 0.919 bits per heavy atom. The average Bonchev–Trinajstić information content (AvgIpc) is 3.40. The molecule has 1 amide bonds. The maximum absolute atomic E-state index is 12.1. The molecule has 5 rings (SSSR count). The normalized spacial score (nSPS) is 19.3. The third-order valence-corrected chi connectivity index (χ3v) is 7.34. The smallest absolute Gasteiger partial charge is 0.379 e. The average molecular weight is 527 g/mol. The lowest BCUT2D eigenvalue weighted by molar-refractivity contribution is -1.16. The highest BCUT2D eigenvalue weighted by molar-refractivity contribution is 7.94. The molecule has 4 heterocycles. The SMILES string of the molecule is NOOSc1ccc(NC(=O)CCOCCOCC[N+]23Cc4cccc[n+]4C2[n+]2ccccc2C3)cc1. The van der Waals surface area contributed by atoms with E-state index in [-0.39, 0.29) is 18.6 Å². The van der Waals surface area contributed by atoms with Gasteiger partial charge >= 0.3 is 6.29 Å². The first kappa shape index (κ1) is 25.7. The summed E-state index contributed by atoms with van der Waals surface area (Å²) in [7, 11) is 0. The van der Waals surface area contributed by atoms with E-state index in [0.29, 0.717) is 32.1 Å². The first-order valence-corrected chi connectivity index (χ1v) is 13.0. The molecular formula is C26H32N5O5S+3. The van der Waals surface area contributed by atoms with Crippen LogP contribution in [-0.2, 0) is 36.7 Å². The van der Waals surface area contributed by atoms with Crippen LogP contribution >= 0.6 is 12.0 Å². The van der Waals surface area contributed by atoms with Crippen molar-refractivity contribution in [1.82, 2.24) is 0 Å². The summed E-state index contributed by atoms with van der Waals surface area (Å²) in [4.78, 5) is 17.0. The molecule has 0 spiro atoms. The maximum Gasteiger partial charge on any atom is 0.484 e. The molecule has 0 bridgehead atoms. The van der Waals surface area contributed by atoms with E-state index >= 15 is 0 Å². The fraction of sp³-hybridized carbons (Fsp3) is 0.346. The molecule has 0 atom stereocenters. The molecule has 2 aliphatic heterocycles. The van der Waals surface area contributed by atoms with Gasteiger partial charge in [0.15, 0.2) is 25.5 Å². The van der Waals surface area contributed by atoms with Gasteiger partial charge in [0, 0.05) is 34.8 Å². The number of fused-ring (bicyclic) bond motifs is 5. The highest BCUT2D eigenvalue weighted by Crippen LogP contribution is 2.33. The number of ether oxygens (including phenoxy) is 2. The van der Waals surface area contributed by atoms with E-state index in [0.717, 1.165) is 41.1 Å². The lowest BCUT2D eigenvalue weighted by Crippen LogP contribution is -2.62. The summed E-state index contributed by atoms with van der Waals surface area (Å²) in [6.07, 6.45) is 4.87. The number of pyridine rings is 2. The summed E-state index contributed by atoms with van der Waals surface area (Å²) in [5.41, 5.74) is 3.39. The van der Waals surface area contributed by atoms with Gasteiger partial charge in [-0.1, -0.05) is 9.13 Å². The van der Waals surface area contributed by atoms with E-state index in [1.165, 1.54) is 11.4 Å². The Morgan fingerprint density at radius 2 is 1.57 bits per heavy atom. The minimum Gasteiger partial charge on any atom is -0.379 e. The monoisotopic (exact) mass is 526 g/mol. The van der Waals surface area contributed by atoms with Crippen LogP contribution in [0.4, 0.5) is 5.69 Å². The quantitative estimate of drug-likeness (QED) is 0.0878. The predicted octanol–water partition coefficient (Wildman–Crippen LogP) is 2.00. The molecule has 0 radical (unpaired) electrons. The summed E-state index contributed by atoms with van der Waals surface area (Å²) in [5, 5.41) is 2.84. The second kappa shape index (κ2) is 12.1. The molecule has 2 aliphatic rings. The van der Waals surface area contributed by atoms with Gasteiger partial charge in [0.05, 0.1) is 44.9 Å². The van der Waals surface area contributed by atoms with Gasteiger partial charge in [0.1, 0.15) is 6.54 Å². The van der Waals surface area contributed by atoms with Crippen molar-refractivity contribution < 1.29 is 37.2 Å². The van der Waals surface area contributed by atoms with Gasteiger partial charge in [-0.15, -0.1) is 9.32 Å².